The van der Waals surface area contributed by atoms with Gasteiger partial charge in [0.25, 0.3) is 0 Å². The van der Waals surface area contributed by atoms with Gasteiger partial charge in [-0.05, 0) is 36.4 Å². The van der Waals surface area contributed by atoms with Crippen molar-refractivity contribution >= 4 is 27.5 Å². The Morgan fingerprint density at radius 3 is 2.14 bits per heavy atom. The molecular weight excluding hydrogens is 399 g/mol. The van der Waals surface area contributed by atoms with Gasteiger partial charge in [-0.3, -0.25) is 9.59 Å². The molecule has 7 nitrogen and oxygen atoms in total. The van der Waals surface area contributed by atoms with Gasteiger partial charge < -0.3 is 10.2 Å². The number of hydrogen-bond donors (Lipinski definition) is 2. The number of likely N-dealkylation sites (N-methyl/N-ethyl adjacent to an activating group) is 1. The van der Waals surface area contributed by atoms with Crippen LogP contribution in [0.4, 0.5) is 18.9 Å². The average Bonchev–Trinajstić information content (AvgIpc) is 2.61. The number of nitrogens with zero attached hydrogens (tertiary/aromatic N) is 1. The lowest BCUT2D eigenvalue weighted by Crippen LogP contribution is -2.41. The van der Waals surface area contributed by atoms with Crippen molar-refractivity contribution < 1.29 is 31.2 Å². The van der Waals surface area contributed by atoms with Crippen LogP contribution in [-0.2, 0) is 19.6 Å². The van der Waals surface area contributed by atoms with E-state index in [2.05, 4.69) is 5.32 Å². The van der Waals surface area contributed by atoms with Crippen LogP contribution in [0.3, 0.4) is 0 Å². The number of carbonyl (C=O) groups excluding carboxylic acids is 2. The lowest BCUT2D eigenvalue weighted by atomic mass is 10.3. The summed E-state index contributed by atoms with van der Waals surface area (Å²) in [5.74, 6) is -4.50. The topological polar surface area (TPSA) is 95.6 Å². The number of anilines is 1. The smallest absolute Gasteiger partial charge is 0.246 e. The molecule has 0 bridgehead atoms. The van der Waals surface area contributed by atoms with E-state index in [0.717, 1.165) is 35.2 Å². The Labute approximate surface area is 159 Å². The summed E-state index contributed by atoms with van der Waals surface area (Å²) in [4.78, 5) is 23.6. The molecule has 28 heavy (non-hydrogen) atoms. The van der Waals surface area contributed by atoms with Gasteiger partial charge in [-0.1, -0.05) is 6.07 Å². The van der Waals surface area contributed by atoms with E-state index in [4.69, 9.17) is 0 Å². The lowest BCUT2D eigenvalue weighted by molar-refractivity contribution is -0.132. The minimum absolute atomic E-state index is 0.308. The van der Waals surface area contributed by atoms with Gasteiger partial charge in [0.1, 0.15) is 17.5 Å². The zero-order chi connectivity index (χ0) is 20.9. The minimum atomic E-state index is -4.61. The van der Waals surface area contributed by atoms with Gasteiger partial charge in [-0.15, -0.1) is 0 Å². The van der Waals surface area contributed by atoms with Crippen molar-refractivity contribution in [3.05, 3.63) is 59.9 Å². The quantitative estimate of drug-likeness (QED) is 0.716. The molecule has 0 aliphatic rings. The number of carbonyl (C=O) groups is 2. The van der Waals surface area contributed by atoms with Crippen molar-refractivity contribution in [3.8, 4) is 0 Å². The highest BCUT2D eigenvalue weighted by Crippen LogP contribution is 2.17. The minimum Gasteiger partial charge on any atom is -0.335 e. The van der Waals surface area contributed by atoms with Crippen LogP contribution in [-0.4, -0.2) is 45.3 Å². The molecule has 150 valence electrons. The van der Waals surface area contributed by atoms with Crippen LogP contribution >= 0.6 is 0 Å². The first-order chi connectivity index (χ1) is 13.1. The number of benzene rings is 2. The molecule has 0 aliphatic heterocycles. The van der Waals surface area contributed by atoms with Gasteiger partial charge in [0.15, 0.2) is 4.90 Å². The summed E-state index contributed by atoms with van der Waals surface area (Å²) in [6.45, 7) is -1.23. The fourth-order valence-corrected chi connectivity index (χ4v) is 3.25. The molecule has 0 unspecified atom stereocenters. The van der Waals surface area contributed by atoms with Crippen molar-refractivity contribution in [2.75, 3.05) is 25.5 Å². The van der Waals surface area contributed by atoms with E-state index >= 15 is 0 Å². The maximum absolute atomic E-state index is 13.6. The molecular formula is C17H16F3N3O4S. The fourth-order valence-electron chi connectivity index (χ4n) is 2.14. The molecule has 2 N–H and O–H groups in total. The molecule has 0 radical (unpaired) electrons. The number of sulfonamides is 1. The van der Waals surface area contributed by atoms with Crippen LogP contribution in [0.2, 0.25) is 0 Å². The predicted octanol–water partition coefficient (Wildman–Crippen LogP) is 1.48. The molecule has 0 saturated heterocycles. The summed E-state index contributed by atoms with van der Waals surface area (Å²) >= 11 is 0. The average molecular weight is 415 g/mol. The lowest BCUT2D eigenvalue weighted by Gasteiger charge is -2.17. The van der Waals surface area contributed by atoms with Crippen molar-refractivity contribution in [1.82, 2.24) is 9.62 Å². The van der Waals surface area contributed by atoms with Crippen LogP contribution in [0, 0.1) is 17.5 Å². The second kappa shape index (κ2) is 8.85. The number of hydrogen-bond acceptors (Lipinski definition) is 4. The van der Waals surface area contributed by atoms with E-state index in [1.165, 1.54) is 19.2 Å². The normalized spacial score (nSPS) is 11.1. The Bertz CT molecular complexity index is 961. The van der Waals surface area contributed by atoms with Gasteiger partial charge in [-0.25, -0.2) is 26.3 Å². The third-order valence-corrected chi connectivity index (χ3v) is 4.99. The van der Waals surface area contributed by atoms with Gasteiger partial charge in [0.05, 0.1) is 13.1 Å². The Hall–Kier alpha value is -2.92. The molecule has 0 spiro atoms. The van der Waals surface area contributed by atoms with E-state index in [1.807, 2.05) is 0 Å². The highest BCUT2D eigenvalue weighted by molar-refractivity contribution is 7.89. The second-order valence-corrected chi connectivity index (χ2v) is 7.38. The van der Waals surface area contributed by atoms with E-state index < -0.39 is 57.3 Å². The molecule has 0 fully saturated rings. The summed E-state index contributed by atoms with van der Waals surface area (Å²) in [6, 6.07) is 7.47. The third kappa shape index (κ3) is 5.54. The van der Waals surface area contributed by atoms with Crippen LogP contribution in [0.1, 0.15) is 0 Å². The number of rotatable bonds is 7. The third-order valence-electron chi connectivity index (χ3n) is 3.54. The highest BCUT2D eigenvalue weighted by Gasteiger charge is 2.25. The molecule has 2 aromatic carbocycles. The Morgan fingerprint density at radius 1 is 1.00 bits per heavy atom. The van der Waals surface area contributed by atoms with Gasteiger partial charge in [-0.2, -0.15) is 0 Å². The molecule has 2 rings (SSSR count). The van der Waals surface area contributed by atoms with E-state index in [9.17, 15) is 31.2 Å². The van der Waals surface area contributed by atoms with Crippen molar-refractivity contribution in [3.63, 3.8) is 0 Å². The maximum Gasteiger partial charge on any atom is 0.246 e. The van der Waals surface area contributed by atoms with Crippen molar-refractivity contribution in [2.45, 2.75) is 4.90 Å². The second-order valence-electron chi connectivity index (χ2n) is 5.68. The summed E-state index contributed by atoms with van der Waals surface area (Å²) in [6.07, 6.45) is 0. The highest BCUT2D eigenvalue weighted by atomic mass is 32.2. The number of halogens is 3. The van der Waals surface area contributed by atoms with Crippen LogP contribution in [0.5, 0.6) is 0 Å². The first-order valence-electron chi connectivity index (χ1n) is 7.83. The Balaban J connectivity index is 1.93. The van der Waals surface area contributed by atoms with E-state index in [-0.39, 0.29) is 0 Å². The van der Waals surface area contributed by atoms with Gasteiger partial charge in [0.2, 0.25) is 21.8 Å². The Morgan fingerprint density at radius 2 is 1.57 bits per heavy atom. The first-order valence-corrected chi connectivity index (χ1v) is 9.31. The first kappa shape index (κ1) is 21.4. The van der Waals surface area contributed by atoms with Gasteiger partial charge in [0, 0.05) is 12.7 Å². The van der Waals surface area contributed by atoms with Crippen molar-refractivity contribution in [2.24, 2.45) is 0 Å². The molecule has 11 heteroatoms. The monoisotopic (exact) mass is 415 g/mol. The molecule has 0 aromatic heterocycles. The summed E-state index contributed by atoms with van der Waals surface area (Å²) in [5, 5.41) is 2.43. The van der Waals surface area contributed by atoms with Crippen molar-refractivity contribution in [1.29, 1.82) is 0 Å². The molecule has 2 aromatic rings. The molecule has 0 atom stereocenters. The number of nitrogens with one attached hydrogen (secondary N) is 2. The van der Waals surface area contributed by atoms with Gasteiger partial charge >= 0.3 is 0 Å². The van der Waals surface area contributed by atoms with E-state index in [1.54, 1.807) is 4.72 Å². The summed E-state index contributed by atoms with van der Waals surface area (Å²) in [7, 11) is -3.37. The van der Waals surface area contributed by atoms with Crippen LogP contribution < -0.4 is 10.0 Å². The SMILES string of the molecule is CN(CC(=O)Nc1ccc(F)cc1)C(=O)CNS(=O)(=O)c1c(F)cccc1F. The van der Waals surface area contributed by atoms with Crippen LogP contribution in [0.25, 0.3) is 0 Å². The molecule has 0 heterocycles. The Kier molecular flexibility index (Phi) is 6.75. The molecule has 2 amide bonds. The molecule has 0 saturated carbocycles. The number of amides is 2. The molecule has 0 aliphatic carbocycles. The fraction of sp³-hybridized carbons (Fsp3) is 0.176. The predicted molar refractivity (Wildman–Crippen MR) is 94.2 cm³/mol. The standard InChI is InChI=1S/C17H16F3N3O4S/c1-23(10-15(24)22-12-7-5-11(18)6-8-12)16(25)9-21-28(26,27)17-13(19)3-2-4-14(17)20/h2-8,21H,9-10H2,1H3,(H,22,24). The zero-order valence-electron chi connectivity index (χ0n) is 14.6. The summed E-state index contributed by atoms with van der Waals surface area (Å²) in [5.41, 5.74) is 0.308. The van der Waals surface area contributed by atoms with Crippen LogP contribution in [0.15, 0.2) is 47.4 Å². The van der Waals surface area contributed by atoms with E-state index in [0.29, 0.717) is 5.69 Å². The maximum atomic E-state index is 13.6. The largest absolute Gasteiger partial charge is 0.335 e. The zero-order valence-corrected chi connectivity index (χ0v) is 15.4. The summed E-state index contributed by atoms with van der Waals surface area (Å²) < 4.78 is 65.9.